The Kier molecular flexibility index (Phi) is 1.75. The van der Waals surface area contributed by atoms with Crippen molar-refractivity contribution in [1.29, 1.82) is 0 Å². The summed E-state index contributed by atoms with van der Waals surface area (Å²) in [6.07, 6.45) is 0.188. The normalized spacial score (nSPS) is 21.8. The highest BCUT2D eigenvalue weighted by Gasteiger charge is 2.25. The monoisotopic (exact) mass is 189 g/mol. The van der Waals surface area contributed by atoms with Gasteiger partial charge in [-0.1, -0.05) is 23.2 Å². The van der Waals surface area contributed by atoms with Gasteiger partial charge >= 0.3 is 0 Å². The van der Waals surface area contributed by atoms with Crippen LogP contribution in [0.4, 0.5) is 0 Å². The number of hydrogen-bond donors (Lipinski definition) is 0. The van der Waals surface area contributed by atoms with E-state index in [1.165, 1.54) is 0 Å². The number of aromatic nitrogens is 1. The Hall–Kier alpha value is -0.310. The minimum absolute atomic E-state index is 0.188. The van der Waals surface area contributed by atoms with Crippen molar-refractivity contribution in [2.75, 3.05) is 6.61 Å². The molecule has 0 aromatic carbocycles. The highest BCUT2D eigenvalue weighted by atomic mass is 35.5. The van der Waals surface area contributed by atoms with Crippen molar-refractivity contribution in [3.05, 3.63) is 28.0 Å². The number of rotatable bonds is 1. The van der Waals surface area contributed by atoms with E-state index in [0.29, 0.717) is 10.3 Å². The lowest BCUT2D eigenvalue weighted by atomic mass is 10.2. The van der Waals surface area contributed by atoms with Crippen LogP contribution in [0.25, 0.3) is 0 Å². The number of hydrogen-bond acceptors (Lipinski definition) is 2. The van der Waals surface area contributed by atoms with Crippen LogP contribution in [0.5, 0.6) is 0 Å². The number of epoxide rings is 1. The van der Waals surface area contributed by atoms with Gasteiger partial charge in [-0.15, -0.1) is 0 Å². The molecular weight excluding hydrogens is 185 g/mol. The maximum atomic E-state index is 5.67. The standard InChI is InChI=1S/C7H5Cl2NO/c8-6-1-4(5-3-11-5)2-7(9)10-6/h1-2,5H,3H2/t5-/m0/s1. The second-order valence-electron chi connectivity index (χ2n) is 2.37. The average molecular weight is 190 g/mol. The third-order valence-corrected chi connectivity index (χ3v) is 1.88. The second kappa shape index (κ2) is 2.63. The summed E-state index contributed by atoms with van der Waals surface area (Å²) in [6.45, 7) is 0.761. The van der Waals surface area contributed by atoms with Gasteiger partial charge in [-0.3, -0.25) is 0 Å². The van der Waals surface area contributed by atoms with Crippen molar-refractivity contribution >= 4 is 23.2 Å². The minimum Gasteiger partial charge on any atom is -0.368 e. The van der Waals surface area contributed by atoms with E-state index in [0.717, 1.165) is 12.2 Å². The molecular formula is C7H5Cl2NO. The zero-order valence-corrected chi connectivity index (χ0v) is 7.06. The third-order valence-electron chi connectivity index (χ3n) is 1.49. The number of nitrogens with zero attached hydrogens (tertiary/aromatic N) is 1. The van der Waals surface area contributed by atoms with Crippen LogP contribution in [-0.2, 0) is 4.74 Å². The van der Waals surface area contributed by atoms with Crippen LogP contribution in [0.3, 0.4) is 0 Å². The number of pyridine rings is 1. The first-order chi connectivity index (χ1) is 5.25. The van der Waals surface area contributed by atoms with E-state index in [4.69, 9.17) is 27.9 Å². The summed E-state index contributed by atoms with van der Waals surface area (Å²) >= 11 is 11.3. The molecule has 0 spiro atoms. The molecule has 0 bridgehead atoms. The van der Waals surface area contributed by atoms with Crippen molar-refractivity contribution < 1.29 is 4.74 Å². The molecule has 2 heterocycles. The molecule has 0 radical (unpaired) electrons. The van der Waals surface area contributed by atoms with Gasteiger partial charge in [0.25, 0.3) is 0 Å². The maximum Gasteiger partial charge on any atom is 0.131 e. The summed E-state index contributed by atoms with van der Waals surface area (Å²) in [5.41, 5.74) is 1.01. The van der Waals surface area contributed by atoms with Gasteiger partial charge in [0.2, 0.25) is 0 Å². The molecule has 0 saturated carbocycles. The van der Waals surface area contributed by atoms with Crippen molar-refractivity contribution in [3.63, 3.8) is 0 Å². The van der Waals surface area contributed by atoms with E-state index >= 15 is 0 Å². The fourth-order valence-electron chi connectivity index (χ4n) is 0.910. The molecule has 0 unspecified atom stereocenters. The van der Waals surface area contributed by atoms with Crippen LogP contribution in [0.1, 0.15) is 11.7 Å². The molecule has 1 aliphatic heterocycles. The number of halogens is 2. The molecule has 1 fully saturated rings. The largest absolute Gasteiger partial charge is 0.368 e. The SMILES string of the molecule is Clc1cc([C@@H]2CO2)cc(Cl)n1. The minimum atomic E-state index is 0.188. The summed E-state index contributed by atoms with van der Waals surface area (Å²) in [7, 11) is 0. The molecule has 1 aromatic rings. The Morgan fingerprint density at radius 2 is 1.91 bits per heavy atom. The molecule has 4 heteroatoms. The topological polar surface area (TPSA) is 25.4 Å². The van der Waals surface area contributed by atoms with Gasteiger partial charge in [0.1, 0.15) is 16.4 Å². The number of ether oxygens (including phenoxy) is 1. The van der Waals surface area contributed by atoms with E-state index in [-0.39, 0.29) is 6.10 Å². The quantitative estimate of drug-likeness (QED) is 0.502. The lowest BCUT2D eigenvalue weighted by Crippen LogP contribution is -1.83. The molecule has 2 rings (SSSR count). The van der Waals surface area contributed by atoms with Crippen molar-refractivity contribution in [1.82, 2.24) is 4.98 Å². The first-order valence-corrected chi connectivity index (χ1v) is 3.96. The van der Waals surface area contributed by atoms with Gasteiger partial charge in [-0.2, -0.15) is 0 Å². The smallest absolute Gasteiger partial charge is 0.131 e. The first-order valence-electron chi connectivity index (χ1n) is 3.20. The second-order valence-corrected chi connectivity index (χ2v) is 3.14. The van der Waals surface area contributed by atoms with E-state index in [2.05, 4.69) is 4.98 Å². The molecule has 1 aliphatic rings. The fourth-order valence-corrected chi connectivity index (χ4v) is 1.39. The first kappa shape index (κ1) is 7.35. The van der Waals surface area contributed by atoms with Gasteiger partial charge in [-0.25, -0.2) is 4.98 Å². The average Bonchev–Trinajstić information content (AvgIpc) is 2.64. The van der Waals surface area contributed by atoms with E-state index in [1.807, 2.05) is 0 Å². The van der Waals surface area contributed by atoms with E-state index in [1.54, 1.807) is 12.1 Å². The third kappa shape index (κ3) is 1.64. The van der Waals surface area contributed by atoms with Crippen LogP contribution < -0.4 is 0 Å². The molecule has 1 aromatic heterocycles. The van der Waals surface area contributed by atoms with Gasteiger partial charge in [-0.05, 0) is 17.7 Å². The highest BCUT2D eigenvalue weighted by molar-refractivity contribution is 6.32. The van der Waals surface area contributed by atoms with E-state index in [9.17, 15) is 0 Å². The maximum absolute atomic E-state index is 5.67. The van der Waals surface area contributed by atoms with Crippen LogP contribution in [0, 0.1) is 0 Å². The molecule has 0 amide bonds. The molecule has 0 N–H and O–H groups in total. The summed E-state index contributed by atoms with van der Waals surface area (Å²) in [5, 5.41) is 0.839. The Morgan fingerprint density at radius 1 is 1.36 bits per heavy atom. The lowest BCUT2D eigenvalue weighted by Gasteiger charge is -1.96. The van der Waals surface area contributed by atoms with Crippen LogP contribution in [0.15, 0.2) is 12.1 Å². The molecule has 0 aliphatic carbocycles. The zero-order chi connectivity index (χ0) is 7.84. The van der Waals surface area contributed by atoms with E-state index < -0.39 is 0 Å². The van der Waals surface area contributed by atoms with Gasteiger partial charge in [0.05, 0.1) is 6.61 Å². The Balaban J connectivity index is 2.39. The summed E-state index contributed by atoms with van der Waals surface area (Å²) in [5.74, 6) is 0. The van der Waals surface area contributed by atoms with Crippen LogP contribution in [0.2, 0.25) is 10.3 Å². The zero-order valence-electron chi connectivity index (χ0n) is 5.55. The summed E-state index contributed by atoms with van der Waals surface area (Å²) in [4.78, 5) is 3.82. The Morgan fingerprint density at radius 3 is 2.36 bits per heavy atom. The predicted octanol–water partition coefficient (Wildman–Crippen LogP) is 2.46. The molecule has 11 heavy (non-hydrogen) atoms. The van der Waals surface area contributed by atoms with Gasteiger partial charge in [0, 0.05) is 0 Å². The summed E-state index contributed by atoms with van der Waals surface area (Å²) < 4.78 is 5.06. The Bertz CT molecular complexity index is 266. The Labute approximate surface area is 74.1 Å². The van der Waals surface area contributed by atoms with Gasteiger partial charge in [0.15, 0.2) is 0 Å². The van der Waals surface area contributed by atoms with Crippen molar-refractivity contribution in [2.45, 2.75) is 6.10 Å². The molecule has 1 atom stereocenters. The van der Waals surface area contributed by atoms with Crippen molar-refractivity contribution in [3.8, 4) is 0 Å². The van der Waals surface area contributed by atoms with Crippen LogP contribution >= 0.6 is 23.2 Å². The summed E-state index contributed by atoms with van der Waals surface area (Å²) in [6, 6.07) is 3.54. The van der Waals surface area contributed by atoms with Crippen molar-refractivity contribution in [2.24, 2.45) is 0 Å². The predicted molar refractivity (Wildman–Crippen MR) is 43.0 cm³/mol. The molecule has 58 valence electrons. The molecule has 1 saturated heterocycles. The highest BCUT2D eigenvalue weighted by Crippen LogP contribution is 2.31. The van der Waals surface area contributed by atoms with Crippen LogP contribution in [-0.4, -0.2) is 11.6 Å². The fraction of sp³-hybridized carbons (Fsp3) is 0.286. The molecule has 2 nitrogen and oxygen atoms in total. The van der Waals surface area contributed by atoms with Gasteiger partial charge < -0.3 is 4.74 Å². The lowest BCUT2D eigenvalue weighted by molar-refractivity contribution is 0.415.